The van der Waals surface area contributed by atoms with Gasteiger partial charge in [0.05, 0.1) is 11.0 Å². The number of hydrogen-bond donors (Lipinski definition) is 2. The third-order valence-electron chi connectivity index (χ3n) is 4.58. The molecule has 0 saturated heterocycles. The van der Waals surface area contributed by atoms with Crippen LogP contribution in [0.1, 0.15) is 25.1 Å². The monoisotopic (exact) mass is 314 g/mol. The zero-order valence-corrected chi connectivity index (χ0v) is 12.5. The van der Waals surface area contributed by atoms with Crippen molar-refractivity contribution in [2.75, 3.05) is 5.32 Å². The quantitative estimate of drug-likeness (QED) is 0.772. The van der Waals surface area contributed by atoms with Gasteiger partial charge in [-0.2, -0.15) is 5.10 Å². The van der Waals surface area contributed by atoms with Crippen molar-refractivity contribution in [2.45, 2.75) is 24.7 Å². The molecule has 2 heterocycles. The number of rotatable bonds is 3. The van der Waals surface area contributed by atoms with Gasteiger partial charge in [0.1, 0.15) is 23.4 Å². The van der Waals surface area contributed by atoms with Crippen LogP contribution in [0.15, 0.2) is 24.5 Å². The molecule has 3 aromatic rings. The van der Waals surface area contributed by atoms with Gasteiger partial charge in [-0.15, -0.1) is 0 Å². The molecular weight excluding hydrogens is 299 g/mol. The van der Waals surface area contributed by atoms with E-state index in [9.17, 15) is 9.18 Å². The van der Waals surface area contributed by atoms with Gasteiger partial charge in [-0.25, -0.2) is 14.4 Å². The van der Waals surface area contributed by atoms with Gasteiger partial charge in [0, 0.05) is 13.1 Å². The fourth-order valence-corrected chi connectivity index (χ4v) is 3.04. The number of amides is 1. The van der Waals surface area contributed by atoms with E-state index >= 15 is 0 Å². The normalized spacial score (nSPS) is 16.3. The second kappa shape index (κ2) is 4.87. The Hall–Kier alpha value is -2.77. The summed E-state index contributed by atoms with van der Waals surface area (Å²) >= 11 is 0. The predicted octanol–water partition coefficient (Wildman–Crippen LogP) is 1.89. The average molecular weight is 314 g/mol. The Labute approximate surface area is 130 Å². The number of carbonyl (C=O) groups is 1. The maximum absolute atomic E-state index is 13.3. The van der Waals surface area contributed by atoms with Gasteiger partial charge in [0.2, 0.25) is 11.9 Å². The molecule has 2 aromatic heterocycles. The number of benzene rings is 1. The van der Waals surface area contributed by atoms with Crippen molar-refractivity contribution >= 4 is 22.9 Å². The first-order valence-electron chi connectivity index (χ1n) is 7.39. The van der Waals surface area contributed by atoms with Gasteiger partial charge >= 0.3 is 0 Å². The van der Waals surface area contributed by atoms with Gasteiger partial charge in [0.15, 0.2) is 0 Å². The van der Waals surface area contributed by atoms with E-state index in [0.717, 1.165) is 11.9 Å². The number of aryl methyl sites for hydroxylation is 1. The molecule has 23 heavy (non-hydrogen) atoms. The molecule has 1 aliphatic rings. The van der Waals surface area contributed by atoms with E-state index in [2.05, 4.69) is 25.5 Å². The van der Waals surface area contributed by atoms with E-state index < -0.39 is 5.41 Å². The summed E-state index contributed by atoms with van der Waals surface area (Å²) < 4.78 is 15.1. The minimum atomic E-state index is -0.681. The lowest BCUT2D eigenvalue weighted by Crippen LogP contribution is -2.47. The van der Waals surface area contributed by atoms with Crippen LogP contribution in [0, 0.1) is 5.82 Å². The molecule has 1 amide bonds. The van der Waals surface area contributed by atoms with E-state index in [4.69, 9.17) is 0 Å². The van der Waals surface area contributed by atoms with Crippen molar-refractivity contribution in [3.8, 4) is 0 Å². The van der Waals surface area contributed by atoms with E-state index in [0.29, 0.717) is 30.1 Å². The minimum absolute atomic E-state index is 0.167. The highest BCUT2D eigenvalue weighted by Gasteiger charge is 2.48. The number of aromatic amines is 1. The van der Waals surface area contributed by atoms with Crippen LogP contribution in [0.2, 0.25) is 0 Å². The van der Waals surface area contributed by atoms with Gasteiger partial charge in [0.25, 0.3) is 0 Å². The van der Waals surface area contributed by atoms with Crippen LogP contribution in [0.3, 0.4) is 0 Å². The molecule has 2 N–H and O–H groups in total. The summed E-state index contributed by atoms with van der Waals surface area (Å²) in [7, 11) is 1.78. The lowest BCUT2D eigenvalue weighted by molar-refractivity contribution is -0.125. The highest BCUT2D eigenvalue weighted by Crippen LogP contribution is 2.42. The summed E-state index contributed by atoms with van der Waals surface area (Å²) in [5.74, 6) is 0.442. The zero-order valence-electron chi connectivity index (χ0n) is 12.5. The fourth-order valence-electron chi connectivity index (χ4n) is 3.04. The molecule has 0 aliphatic heterocycles. The molecule has 1 aliphatic carbocycles. The maximum atomic E-state index is 13.3. The third-order valence-corrected chi connectivity index (χ3v) is 4.58. The Morgan fingerprint density at radius 1 is 1.43 bits per heavy atom. The van der Waals surface area contributed by atoms with Gasteiger partial charge in [-0.3, -0.25) is 15.2 Å². The van der Waals surface area contributed by atoms with E-state index in [1.807, 2.05) is 0 Å². The fraction of sp³-hybridized carbons (Fsp3) is 0.333. The second-order valence-corrected chi connectivity index (χ2v) is 5.85. The summed E-state index contributed by atoms with van der Waals surface area (Å²) in [5.41, 5.74) is 0.578. The van der Waals surface area contributed by atoms with Crippen LogP contribution in [0.5, 0.6) is 0 Å². The molecule has 118 valence electrons. The Kier molecular flexibility index (Phi) is 2.93. The van der Waals surface area contributed by atoms with Crippen LogP contribution in [-0.2, 0) is 17.3 Å². The van der Waals surface area contributed by atoms with Crippen molar-refractivity contribution in [3.63, 3.8) is 0 Å². The number of fused-ring (bicyclic) bond motifs is 1. The number of hydrogen-bond acceptors (Lipinski definition) is 4. The molecule has 4 rings (SSSR count). The van der Waals surface area contributed by atoms with Crippen molar-refractivity contribution < 1.29 is 9.18 Å². The van der Waals surface area contributed by atoms with Gasteiger partial charge < -0.3 is 4.57 Å². The lowest BCUT2D eigenvalue weighted by Gasteiger charge is -2.37. The standard InChI is InChI=1S/C15H15FN6O/c1-22-11-4-3-9(16)7-10(11)19-14(22)20-13(23)15(5-2-6-15)12-17-8-18-21-12/h3-4,7-8H,2,5-6H2,1H3,(H,17,18,21)(H,19,20,23). The molecule has 0 radical (unpaired) electrons. The molecule has 0 spiro atoms. The molecule has 0 unspecified atom stereocenters. The Morgan fingerprint density at radius 2 is 2.26 bits per heavy atom. The second-order valence-electron chi connectivity index (χ2n) is 5.85. The van der Waals surface area contributed by atoms with Crippen LogP contribution in [0.25, 0.3) is 11.0 Å². The number of imidazole rings is 1. The summed E-state index contributed by atoms with van der Waals surface area (Å²) in [6, 6.07) is 4.36. The first kappa shape index (κ1) is 13.9. The summed E-state index contributed by atoms with van der Waals surface area (Å²) in [6.07, 6.45) is 3.79. The molecule has 8 heteroatoms. The Balaban J connectivity index is 1.68. The lowest BCUT2D eigenvalue weighted by atomic mass is 9.67. The van der Waals surface area contributed by atoms with Crippen molar-refractivity contribution in [2.24, 2.45) is 7.05 Å². The zero-order chi connectivity index (χ0) is 16.0. The highest BCUT2D eigenvalue weighted by atomic mass is 19.1. The van der Waals surface area contributed by atoms with E-state index in [1.165, 1.54) is 18.5 Å². The highest BCUT2D eigenvalue weighted by molar-refractivity contribution is 5.99. The predicted molar refractivity (Wildman–Crippen MR) is 81.2 cm³/mol. The summed E-state index contributed by atoms with van der Waals surface area (Å²) in [4.78, 5) is 21.2. The topological polar surface area (TPSA) is 88.5 Å². The third kappa shape index (κ3) is 2.01. The van der Waals surface area contributed by atoms with E-state index in [1.54, 1.807) is 17.7 Å². The van der Waals surface area contributed by atoms with Gasteiger partial charge in [-0.1, -0.05) is 6.42 Å². The molecule has 1 saturated carbocycles. The molecule has 1 fully saturated rings. The Morgan fingerprint density at radius 3 is 2.91 bits per heavy atom. The van der Waals surface area contributed by atoms with Crippen molar-refractivity contribution in [1.82, 2.24) is 24.7 Å². The molecule has 7 nitrogen and oxygen atoms in total. The summed E-state index contributed by atoms with van der Waals surface area (Å²) in [5, 5.41) is 9.49. The van der Waals surface area contributed by atoms with Gasteiger partial charge in [-0.05, 0) is 25.0 Å². The van der Waals surface area contributed by atoms with Crippen molar-refractivity contribution in [3.05, 3.63) is 36.2 Å². The number of carbonyl (C=O) groups excluding carboxylic acids is 1. The Bertz CT molecular complexity index is 881. The number of aromatic nitrogens is 5. The van der Waals surface area contributed by atoms with E-state index in [-0.39, 0.29) is 11.7 Å². The van der Waals surface area contributed by atoms with Crippen LogP contribution in [0.4, 0.5) is 10.3 Å². The summed E-state index contributed by atoms with van der Waals surface area (Å²) in [6.45, 7) is 0. The number of anilines is 1. The smallest absolute Gasteiger partial charge is 0.240 e. The number of nitrogens with zero attached hydrogens (tertiary/aromatic N) is 4. The molecular formula is C15H15FN6O. The largest absolute Gasteiger partial charge is 0.313 e. The number of H-pyrrole nitrogens is 1. The van der Waals surface area contributed by atoms with Crippen LogP contribution >= 0.6 is 0 Å². The number of halogens is 1. The first-order chi connectivity index (χ1) is 11.1. The number of nitrogens with one attached hydrogen (secondary N) is 2. The average Bonchev–Trinajstić information content (AvgIpc) is 3.08. The molecule has 0 atom stereocenters. The van der Waals surface area contributed by atoms with Crippen LogP contribution in [-0.4, -0.2) is 30.6 Å². The first-order valence-corrected chi connectivity index (χ1v) is 7.39. The molecule has 0 bridgehead atoms. The maximum Gasteiger partial charge on any atom is 0.240 e. The molecule has 1 aromatic carbocycles. The SMILES string of the molecule is Cn1c(NC(=O)C2(c3ncn[nH]3)CCC2)nc2cc(F)ccc21. The van der Waals surface area contributed by atoms with Crippen molar-refractivity contribution in [1.29, 1.82) is 0 Å². The van der Waals surface area contributed by atoms with Crippen LogP contribution < -0.4 is 5.32 Å². The minimum Gasteiger partial charge on any atom is -0.313 e.